The summed E-state index contributed by atoms with van der Waals surface area (Å²) in [7, 11) is 0. The Morgan fingerprint density at radius 3 is 2.55 bits per heavy atom. The van der Waals surface area contributed by atoms with E-state index in [1.165, 1.54) is 0 Å². The monoisotopic (exact) mass is 302 g/mol. The Hall–Kier alpha value is -1.88. The van der Waals surface area contributed by atoms with Gasteiger partial charge in [0.2, 0.25) is 5.91 Å². The van der Waals surface area contributed by atoms with Crippen LogP contribution in [0.2, 0.25) is 0 Å². The standard InChI is InChI=1S/C17H22N2O3/c1-14(20)18-10-11-22-17(12-18)8-5-9-19(13-17)16(21)15-6-3-2-4-7-15/h2-4,6-7H,5,8-13H2,1H3. The Balaban J connectivity index is 1.74. The van der Waals surface area contributed by atoms with Crippen LogP contribution in [0.25, 0.3) is 0 Å². The van der Waals surface area contributed by atoms with Gasteiger partial charge >= 0.3 is 0 Å². The molecule has 22 heavy (non-hydrogen) atoms. The third-order valence-electron chi connectivity index (χ3n) is 4.54. The summed E-state index contributed by atoms with van der Waals surface area (Å²) in [5.74, 6) is 0.123. The number of nitrogens with zero attached hydrogens (tertiary/aromatic N) is 2. The molecule has 2 aliphatic rings. The Morgan fingerprint density at radius 2 is 1.82 bits per heavy atom. The van der Waals surface area contributed by atoms with Crippen molar-refractivity contribution in [1.82, 2.24) is 9.80 Å². The number of carbonyl (C=O) groups excluding carboxylic acids is 2. The zero-order valence-electron chi connectivity index (χ0n) is 13.0. The number of hydrogen-bond acceptors (Lipinski definition) is 3. The number of morpholine rings is 1. The van der Waals surface area contributed by atoms with Crippen LogP contribution in [-0.2, 0) is 9.53 Å². The van der Waals surface area contributed by atoms with Crippen molar-refractivity contribution in [2.45, 2.75) is 25.4 Å². The van der Waals surface area contributed by atoms with Gasteiger partial charge in [-0.05, 0) is 25.0 Å². The topological polar surface area (TPSA) is 49.9 Å². The third kappa shape index (κ3) is 2.99. The lowest BCUT2D eigenvalue weighted by Crippen LogP contribution is -2.61. The minimum atomic E-state index is -0.396. The van der Waals surface area contributed by atoms with Crippen molar-refractivity contribution in [1.29, 1.82) is 0 Å². The quantitative estimate of drug-likeness (QED) is 0.790. The summed E-state index contributed by atoms with van der Waals surface area (Å²) in [5.41, 5.74) is 0.311. The highest BCUT2D eigenvalue weighted by molar-refractivity contribution is 5.94. The third-order valence-corrected chi connectivity index (χ3v) is 4.54. The summed E-state index contributed by atoms with van der Waals surface area (Å²) in [5, 5.41) is 0. The largest absolute Gasteiger partial charge is 0.369 e. The van der Waals surface area contributed by atoms with Crippen molar-refractivity contribution in [2.24, 2.45) is 0 Å². The van der Waals surface area contributed by atoms with E-state index in [1.807, 2.05) is 40.1 Å². The number of carbonyl (C=O) groups is 2. The van der Waals surface area contributed by atoms with Crippen molar-refractivity contribution in [3.8, 4) is 0 Å². The summed E-state index contributed by atoms with van der Waals surface area (Å²) in [4.78, 5) is 28.0. The summed E-state index contributed by atoms with van der Waals surface area (Å²) in [6.07, 6.45) is 1.81. The van der Waals surface area contributed by atoms with Gasteiger partial charge in [0.1, 0.15) is 5.60 Å². The summed E-state index contributed by atoms with van der Waals surface area (Å²) >= 11 is 0. The molecule has 0 bridgehead atoms. The molecule has 2 saturated heterocycles. The van der Waals surface area contributed by atoms with Gasteiger partial charge in [-0.2, -0.15) is 0 Å². The van der Waals surface area contributed by atoms with Crippen LogP contribution in [0.4, 0.5) is 0 Å². The molecule has 3 rings (SSSR count). The van der Waals surface area contributed by atoms with Crippen molar-refractivity contribution in [2.75, 3.05) is 32.8 Å². The van der Waals surface area contributed by atoms with E-state index in [-0.39, 0.29) is 11.8 Å². The average molecular weight is 302 g/mol. The van der Waals surface area contributed by atoms with Crippen molar-refractivity contribution in [3.63, 3.8) is 0 Å². The van der Waals surface area contributed by atoms with Gasteiger partial charge < -0.3 is 14.5 Å². The first-order valence-corrected chi connectivity index (χ1v) is 7.83. The SMILES string of the molecule is CC(=O)N1CCOC2(CCCN(C(=O)c3ccccc3)C2)C1. The molecule has 0 aromatic heterocycles. The van der Waals surface area contributed by atoms with E-state index in [1.54, 1.807) is 6.92 Å². The maximum Gasteiger partial charge on any atom is 0.253 e. The number of amides is 2. The van der Waals surface area contributed by atoms with Gasteiger partial charge in [-0.25, -0.2) is 0 Å². The molecule has 1 spiro atoms. The summed E-state index contributed by atoms with van der Waals surface area (Å²) in [6.45, 7) is 4.68. The molecule has 0 aliphatic carbocycles. The van der Waals surface area contributed by atoms with Gasteiger partial charge in [0.25, 0.3) is 5.91 Å². The molecule has 0 radical (unpaired) electrons. The van der Waals surface area contributed by atoms with Gasteiger partial charge in [-0.1, -0.05) is 18.2 Å². The highest BCUT2D eigenvalue weighted by Gasteiger charge is 2.42. The molecular weight excluding hydrogens is 280 g/mol. The van der Waals surface area contributed by atoms with Gasteiger partial charge in [0, 0.05) is 25.6 Å². The molecule has 2 aliphatic heterocycles. The summed E-state index contributed by atoms with van der Waals surface area (Å²) in [6, 6.07) is 9.34. The minimum absolute atomic E-state index is 0.0447. The van der Waals surface area contributed by atoms with Crippen LogP contribution < -0.4 is 0 Å². The van der Waals surface area contributed by atoms with E-state index in [0.29, 0.717) is 31.8 Å². The highest BCUT2D eigenvalue weighted by atomic mass is 16.5. The molecule has 0 saturated carbocycles. The molecule has 2 heterocycles. The number of rotatable bonds is 1. The molecule has 0 N–H and O–H groups in total. The second-order valence-electron chi connectivity index (χ2n) is 6.17. The van der Waals surface area contributed by atoms with Crippen LogP contribution >= 0.6 is 0 Å². The maximum absolute atomic E-state index is 12.6. The molecule has 118 valence electrons. The van der Waals surface area contributed by atoms with Crippen LogP contribution in [0.15, 0.2) is 30.3 Å². The molecule has 1 aromatic rings. The van der Waals surface area contributed by atoms with E-state index in [0.717, 1.165) is 19.4 Å². The molecule has 2 fully saturated rings. The van der Waals surface area contributed by atoms with Gasteiger partial charge in [-0.3, -0.25) is 9.59 Å². The minimum Gasteiger partial charge on any atom is -0.369 e. The maximum atomic E-state index is 12.6. The Morgan fingerprint density at radius 1 is 1.09 bits per heavy atom. The first-order chi connectivity index (χ1) is 10.6. The zero-order chi connectivity index (χ0) is 15.6. The Kier molecular flexibility index (Phi) is 4.16. The number of likely N-dealkylation sites (tertiary alicyclic amines) is 1. The van der Waals surface area contributed by atoms with Crippen molar-refractivity contribution < 1.29 is 14.3 Å². The van der Waals surface area contributed by atoms with E-state index >= 15 is 0 Å². The van der Waals surface area contributed by atoms with Crippen LogP contribution in [0.1, 0.15) is 30.1 Å². The number of benzene rings is 1. The molecule has 1 aromatic carbocycles. The van der Waals surface area contributed by atoms with Crippen LogP contribution in [0, 0.1) is 0 Å². The molecule has 1 atom stereocenters. The van der Waals surface area contributed by atoms with Crippen molar-refractivity contribution in [3.05, 3.63) is 35.9 Å². The lowest BCUT2D eigenvalue weighted by Gasteiger charge is -2.47. The zero-order valence-corrected chi connectivity index (χ0v) is 13.0. The number of hydrogen-bond donors (Lipinski definition) is 0. The molecule has 5 heteroatoms. The fourth-order valence-electron chi connectivity index (χ4n) is 3.40. The van der Waals surface area contributed by atoms with Crippen LogP contribution in [0.5, 0.6) is 0 Å². The van der Waals surface area contributed by atoms with Gasteiger partial charge in [0.05, 0.1) is 19.7 Å². The molecular formula is C17H22N2O3. The Labute approximate surface area is 130 Å². The van der Waals surface area contributed by atoms with E-state index in [9.17, 15) is 9.59 Å². The van der Waals surface area contributed by atoms with Gasteiger partial charge in [-0.15, -0.1) is 0 Å². The first kappa shape index (κ1) is 15.0. The number of ether oxygens (including phenoxy) is 1. The molecule has 1 unspecified atom stereocenters. The molecule has 5 nitrogen and oxygen atoms in total. The van der Waals surface area contributed by atoms with E-state index in [2.05, 4.69) is 0 Å². The van der Waals surface area contributed by atoms with Crippen molar-refractivity contribution >= 4 is 11.8 Å². The predicted octanol–water partition coefficient (Wildman–Crippen LogP) is 1.54. The second-order valence-corrected chi connectivity index (χ2v) is 6.17. The Bertz CT molecular complexity index is 556. The molecule has 2 amide bonds. The first-order valence-electron chi connectivity index (χ1n) is 7.83. The highest BCUT2D eigenvalue weighted by Crippen LogP contribution is 2.29. The fourth-order valence-corrected chi connectivity index (χ4v) is 3.40. The smallest absolute Gasteiger partial charge is 0.253 e. The fraction of sp³-hybridized carbons (Fsp3) is 0.529. The lowest BCUT2D eigenvalue weighted by atomic mass is 9.90. The number of piperidine rings is 1. The summed E-state index contributed by atoms with van der Waals surface area (Å²) < 4.78 is 6.02. The van der Waals surface area contributed by atoms with E-state index < -0.39 is 5.60 Å². The lowest BCUT2D eigenvalue weighted by molar-refractivity contribution is -0.157. The predicted molar refractivity (Wildman–Crippen MR) is 82.5 cm³/mol. The van der Waals surface area contributed by atoms with Crippen LogP contribution in [0.3, 0.4) is 0 Å². The normalized spacial score (nSPS) is 25.3. The average Bonchev–Trinajstić information content (AvgIpc) is 2.55. The van der Waals surface area contributed by atoms with E-state index in [4.69, 9.17) is 4.74 Å². The second kappa shape index (κ2) is 6.08. The van der Waals surface area contributed by atoms with Crippen LogP contribution in [-0.4, -0.2) is 60.0 Å². The van der Waals surface area contributed by atoms with Gasteiger partial charge in [0.15, 0.2) is 0 Å².